The lowest BCUT2D eigenvalue weighted by atomic mass is 10.1. The first kappa shape index (κ1) is 13.6. The molecular formula is C15H19N3O3. The third-order valence-electron chi connectivity index (χ3n) is 3.42. The minimum Gasteiger partial charge on any atom is -0.471 e. The second-order valence-corrected chi connectivity index (χ2v) is 5.36. The zero-order valence-corrected chi connectivity index (χ0v) is 12.4. The fraction of sp³-hybridized carbons (Fsp3) is 0.400. The van der Waals surface area contributed by atoms with Crippen LogP contribution in [0.5, 0.6) is 17.4 Å². The molecule has 0 unspecified atom stereocenters. The molecule has 0 amide bonds. The lowest BCUT2D eigenvalue weighted by Gasteiger charge is -2.08. The van der Waals surface area contributed by atoms with Crippen molar-refractivity contribution in [3.05, 3.63) is 29.5 Å². The molecule has 1 aromatic heterocycles. The van der Waals surface area contributed by atoms with Crippen LogP contribution < -0.4 is 19.9 Å². The number of fused-ring (bicyclic) bond motifs is 1. The molecule has 0 spiro atoms. The van der Waals surface area contributed by atoms with Gasteiger partial charge in [0.05, 0.1) is 5.69 Å². The third-order valence-corrected chi connectivity index (χ3v) is 3.42. The molecule has 0 saturated heterocycles. The van der Waals surface area contributed by atoms with Gasteiger partial charge in [-0.15, -0.1) is 0 Å². The summed E-state index contributed by atoms with van der Waals surface area (Å²) in [5.41, 5.74) is 8.56. The monoisotopic (exact) mass is 289 g/mol. The van der Waals surface area contributed by atoms with E-state index in [9.17, 15) is 0 Å². The van der Waals surface area contributed by atoms with Gasteiger partial charge in [0.15, 0.2) is 11.5 Å². The highest BCUT2D eigenvalue weighted by Crippen LogP contribution is 2.34. The number of rotatable bonds is 4. The Labute approximate surface area is 123 Å². The van der Waals surface area contributed by atoms with E-state index in [2.05, 4.69) is 18.9 Å². The largest absolute Gasteiger partial charge is 0.471 e. The van der Waals surface area contributed by atoms with Crippen LogP contribution in [0.2, 0.25) is 0 Å². The van der Waals surface area contributed by atoms with Crippen molar-refractivity contribution in [3.63, 3.8) is 0 Å². The summed E-state index contributed by atoms with van der Waals surface area (Å²) >= 11 is 0. The molecule has 2 heterocycles. The van der Waals surface area contributed by atoms with Gasteiger partial charge in [-0.25, -0.2) is 4.68 Å². The van der Waals surface area contributed by atoms with Gasteiger partial charge in [-0.1, -0.05) is 19.9 Å². The smallest absolute Gasteiger partial charge is 0.236 e. The highest BCUT2D eigenvalue weighted by atomic mass is 16.7. The van der Waals surface area contributed by atoms with Gasteiger partial charge in [0, 0.05) is 7.05 Å². The summed E-state index contributed by atoms with van der Waals surface area (Å²) < 4.78 is 18.1. The summed E-state index contributed by atoms with van der Waals surface area (Å²) in [5.74, 6) is 2.37. The Morgan fingerprint density at radius 3 is 2.81 bits per heavy atom. The van der Waals surface area contributed by atoms with Crippen LogP contribution in [-0.2, 0) is 13.7 Å². The predicted molar refractivity (Wildman–Crippen MR) is 78.6 cm³/mol. The van der Waals surface area contributed by atoms with Crippen molar-refractivity contribution < 1.29 is 14.2 Å². The Morgan fingerprint density at radius 1 is 1.33 bits per heavy atom. The van der Waals surface area contributed by atoms with Gasteiger partial charge < -0.3 is 19.9 Å². The van der Waals surface area contributed by atoms with Crippen molar-refractivity contribution in [1.29, 1.82) is 0 Å². The molecule has 0 bridgehead atoms. The summed E-state index contributed by atoms with van der Waals surface area (Å²) in [6.45, 7) is 4.78. The van der Waals surface area contributed by atoms with E-state index in [-0.39, 0.29) is 12.7 Å². The maximum Gasteiger partial charge on any atom is 0.236 e. The number of nitrogens with zero attached hydrogens (tertiary/aromatic N) is 2. The molecule has 0 atom stereocenters. The third kappa shape index (κ3) is 2.49. The SMILES string of the molecule is CC(C)c1nn(C)c(OCc2ccc3c(c2)OCO3)c1N. The molecule has 1 aliphatic rings. The van der Waals surface area contributed by atoms with E-state index in [1.807, 2.05) is 25.2 Å². The number of aromatic nitrogens is 2. The van der Waals surface area contributed by atoms with Gasteiger partial charge in [-0.2, -0.15) is 5.10 Å². The number of anilines is 1. The zero-order valence-electron chi connectivity index (χ0n) is 12.4. The van der Waals surface area contributed by atoms with Crippen LogP contribution in [0.25, 0.3) is 0 Å². The molecule has 0 radical (unpaired) electrons. The van der Waals surface area contributed by atoms with Crippen LogP contribution in [0, 0.1) is 0 Å². The molecule has 6 nitrogen and oxygen atoms in total. The van der Waals surface area contributed by atoms with Crippen molar-refractivity contribution in [2.24, 2.45) is 7.05 Å². The quantitative estimate of drug-likeness (QED) is 0.936. The normalized spacial score (nSPS) is 13.0. The summed E-state index contributed by atoms with van der Waals surface area (Å²) in [6.07, 6.45) is 0. The second-order valence-electron chi connectivity index (χ2n) is 5.36. The minimum absolute atomic E-state index is 0.263. The molecule has 3 rings (SSSR count). The Kier molecular flexibility index (Phi) is 3.37. The standard InChI is InChI=1S/C15H19N3O3/c1-9(2)14-13(16)15(18(3)17-14)19-7-10-4-5-11-12(6-10)21-8-20-11/h4-6,9H,7-8,16H2,1-3H3. The number of benzene rings is 1. The van der Waals surface area contributed by atoms with Crippen LogP contribution in [0.4, 0.5) is 5.69 Å². The molecule has 112 valence electrons. The predicted octanol–water partition coefficient (Wildman–Crippen LogP) is 2.43. The Morgan fingerprint density at radius 2 is 2.10 bits per heavy atom. The van der Waals surface area contributed by atoms with Crippen LogP contribution in [0.15, 0.2) is 18.2 Å². The van der Waals surface area contributed by atoms with Gasteiger partial charge in [-0.05, 0) is 23.6 Å². The maximum absolute atomic E-state index is 6.11. The van der Waals surface area contributed by atoms with Crippen molar-refractivity contribution in [3.8, 4) is 17.4 Å². The van der Waals surface area contributed by atoms with E-state index in [0.29, 0.717) is 18.2 Å². The first-order valence-corrected chi connectivity index (χ1v) is 6.90. The Balaban J connectivity index is 1.76. The molecule has 1 aromatic carbocycles. The fourth-order valence-corrected chi connectivity index (χ4v) is 2.32. The molecule has 0 fully saturated rings. The molecule has 2 N–H and O–H groups in total. The summed E-state index contributed by atoms with van der Waals surface area (Å²) in [5, 5.41) is 4.40. The lowest BCUT2D eigenvalue weighted by molar-refractivity contribution is 0.174. The molecule has 21 heavy (non-hydrogen) atoms. The molecule has 1 aliphatic heterocycles. The van der Waals surface area contributed by atoms with E-state index in [4.69, 9.17) is 19.9 Å². The molecule has 6 heteroatoms. The van der Waals surface area contributed by atoms with E-state index in [1.54, 1.807) is 4.68 Å². The van der Waals surface area contributed by atoms with E-state index in [1.165, 1.54) is 0 Å². The summed E-state index contributed by atoms with van der Waals surface area (Å²) in [4.78, 5) is 0. The topological polar surface area (TPSA) is 71.5 Å². The molecular weight excluding hydrogens is 270 g/mol. The fourth-order valence-electron chi connectivity index (χ4n) is 2.32. The van der Waals surface area contributed by atoms with Gasteiger partial charge in [0.25, 0.3) is 0 Å². The number of nitrogens with two attached hydrogens (primary N) is 1. The van der Waals surface area contributed by atoms with Gasteiger partial charge in [-0.3, -0.25) is 0 Å². The number of hydrogen-bond donors (Lipinski definition) is 1. The number of hydrogen-bond acceptors (Lipinski definition) is 5. The van der Waals surface area contributed by atoms with Gasteiger partial charge >= 0.3 is 0 Å². The highest BCUT2D eigenvalue weighted by Gasteiger charge is 2.18. The zero-order chi connectivity index (χ0) is 15.0. The molecule has 2 aromatic rings. The Bertz CT molecular complexity index is 664. The summed E-state index contributed by atoms with van der Waals surface area (Å²) in [6, 6.07) is 5.74. The van der Waals surface area contributed by atoms with Crippen molar-refractivity contribution in [2.75, 3.05) is 12.5 Å². The number of aryl methyl sites for hydroxylation is 1. The first-order valence-electron chi connectivity index (χ1n) is 6.90. The number of ether oxygens (including phenoxy) is 3. The van der Waals surface area contributed by atoms with Gasteiger partial charge in [0.2, 0.25) is 12.7 Å². The highest BCUT2D eigenvalue weighted by molar-refractivity contribution is 5.54. The van der Waals surface area contributed by atoms with E-state index >= 15 is 0 Å². The second kappa shape index (κ2) is 5.20. The van der Waals surface area contributed by atoms with Crippen LogP contribution >= 0.6 is 0 Å². The number of nitrogen functional groups attached to an aromatic ring is 1. The maximum atomic E-state index is 6.11. The molecule has 0 aliphatic carbocycles. The lowest BCUT2D eigenvalue weighted by Crippen LogP contribution is -2.02. The average Bonchev–Trinajstić information content (AvgIpc) is 3.01. The van der Waals surface area contributed by atoms with Crippen molar-refractivity contribution >= 4 is 5.69 Å². The molecule has 0 saturated carbocycles. The summed E-state index contributed by atoms with van der Waals surface area (Å²) in [7, 11) is 1.83. The minimum atomic E-state index is 0.263. The Hall–Kier alpha value is -2.37. The van der Waals surface area contributed by atoms with Crippen LogP contribution in [0.3, 0.4) is 0 Å². The van der Waals surface area contributed by atoms with Crippen LogP contribution in [-0.4, -0.2) is 16.6 Å². The van der Waals surface area contributed by atoms with E-state index in [0.717, 1.165) is 22.8 Å². The first-order chi connectivity index (χ1) is 10.1. The van der Waals surface area contributed by atoms with Crippen molar-refractivity contribution in [1.82, 2.24) is 9.78 Å². The average molecular weight is 289 g/mol. The van der Waals surface area contributed by atoms with E-state index < -0.39 is 0 Å². The van der Waals surface area contributed by atoms with Gasteiger partial charge in [0.1, 0.15) is 12.3 Å². The van der Waals surface area contributed by atoms with Crippen molar-refractivity contribution in [2.45, 2.75) is 26.4 Å². The van der Waals surface area contributed by atoms with Crippen LogP contribution in [0.1, 0.15) is 31.0 Å².